The van der Waals surface area contributed by atoms with Crippen molar-refractivity contribution in [1.29, 1.82) is 0 Å². The molecule has 0 spiro atoms. The quantitative estimate of drug-likeness (QED) is 0.582. The molecular formula is C15H11BrCl2N2O2. The van der Waals surface area contributed by atoms with Crippen LogP contribution in [0.4, 0.5) is 0 Å². The van der Waals surface area contributed by atoms with Gasteiger partial charge in [0.1, 0.15) is 5.75 Å². The maximum absolute atomic E-state index is 12.0. The summed E-state index contributed by atoms with van der Waals surface area (Å²) in [5.41, 5.74) is 3.61. The number of carbonyl (C=O) groups excluding carboxylic acids is 1. The molecule has 2 aromatic carbocycles. The summed E-state index contributed by atoms with van der Waals surface area (Å²) in [5.74, 6) is -0.503. The Morgan fingerprint density at radius 1 is 1.27 bits per heavy atom. The van der Waals surface area contributed by atoms with E-state index in [9.17, 15) is 9.90 Å². The molecule has 0 aliphatic rings. The molecule has 0 heterocycles. The van der Waals surface area contributed by atoms with Crippen molar-refractivity contribution >= 4 is 50.8 Å². The number of phenols is 1. The van der Waals surface area contributed by atoms with Crippen molar-refractivity contribution in [1.82, 2.24) is 5.43 Å². The Morgan fingerprint density at radius 3 is 2.68 bits per heavy atom. The van der Waals surface area contributed by atoms with E-state index in [1.165, 1.54) is 12.1 Å². The second-order valence-electron chi connectivity index (χ2n) is 4.43. The van der Waals surface area contributed by atoms with Crippen LogP contribution in [0.5, 0.6) is 5.75 Å². The molecule has 7 heteroatoms. The Labute approximate surface area is 145 Å². The summed E-state index contributed by atoms with van der Waals surface area (Å²) >= 11 is 15.1. The Hall–Kier alpha value is -1.56. The van der Waals surface area contributed by atoms with E-state index in [1.54, 1.807) is 25.1 Å². The van der Waals surface area contributed by atoms with E-state index in [4.69, 9.17) is 23.2 Å². The number of nitrogens with one attached hydrogen (secondary N) is 1. The number of nitrogens with zero attached hydrogens (tertiary/aromatic N) is 1. The minimum Gasteiger partial charge on any atom is -0.506 e. The summed E-state index contributed by atoms with van der Waals surface area (Å²) in [6.07, 6.45) is 0. The van der Waals surface area contributed by atoms with Gasteiger partial charge in [-0.25, -0.2) is 5.43 Å². The van der Waals surface area contributed by atoms with Crippen LogP contribution in [0.15, 0.2) is 46.0 Å². The minimum atomic E-state index is -0.367. The van der Waals surface area contributed by atoms with Gasteiger partial charge < -0.3 is 5.11 Å². The van der Waals surface area contributed by atoms with Crippen LogP contribution in [-0.4, -0.2) is 16.7 Å². The van der Waals surface area contributed by atoms with Gasteiger partial charge in [-0.2, -0.15) is 5.10 Å². The highest BCUT2D eigenvalue weighted by molar-refractivity contribution is 9.10. The van der Waals surface area contributed by atoms with Gasteiger partial charge in [-0.05, 0) is 37.3 Å². The van der Waals surface area contributed by atoms with Gasteiger partial charge >= 0.3 is 0 Å². The van der Waals surface area contributed by atoms with E-state index < -0.39 is 0 Å². The Kier molecular flexibility index (Phi) is 5.45. The van der Waals surface area contributed by atoms with Crippen LogP contribution in [0.2, 0.25) is 10.0 Å². The topological polar surface area (TPSA) is 61.7 Å². The van der Waals surface area contributed by atoms with Gasteiger partial charge in [-0.3, -0.25) is 4.79 Å². The monoisotopic (exact) mass is 400 g/mol. The van der Waals surface area contributed by atoms with Gasteiger partial charge in [0.15, 0.2) is 0 Å². The summed E-state index contributed by atoms with van der Waals surface area (Å²) in [6.45, 7) is 1.63. The molecule has 0 unspecified atom stereocenters. The second-order valence-corrected chi connectivity index (χ2v) is 6.19. The molecule has 0 saturated carbocycles. The number of phenolic OH excluding ortho intramolecular Hbond substituents is 1. The number of aromatic hydroxyl groups is 1. The standard InChI is InChI=1S/C15H11BrCl2N2O2/c1-8(12-6-11(17)7-13(18)14(12)21)19-20-15(22)9-3-2-4-10(16)5-9/h2-7,21H,1H3,(H,20,22)/b19-8+. The highest BCUT2D eigenvalue weighted by Gasteiger charge is 2.11. The van der Waals surface area contributed by atoms with Crippen LogP contribution in [0.3, 0.4) is 0 Å². The lowest BCUT2D eigenvalue weighted by molar-refractivity contribution is 0.0954. The molecule has 1 amide bonds. The van der Waals surface area contributed by atoms with Crippen LogP contribution in [0, 0.1) is 0 Å². The lowest BCUT2D eigenvalue weighted by Crippen LogP contribution is -2.19. The number of hydrazone groups is 1. The number of rotatable bonds is 3. The molecule has 0 aliphatic carbocycles. The normalized spacial score (nSPS) is 11.4. The molecule has 2 rings (SSSR count). The molecule has 114 valence electrons. The predicted octanol–water partition coefficient (Wildman–Crippen LogP) is 4.62. The van der Waals surface area contributed by atoms with Crippen molar-refractivity contribution in [2.75, 3.05) is 0 Å². The molecule has 0 aliphatic heterocycles. The average molecular weight is 402 g/mol. The first-order valence-corrected chi connectivity index (χ1v) is 7.72. The molecule has 0 aromatic heterocycles. The molecule has 0 bridgehead atoms. The Balaban J connectivity index is 2.22. The molecule has 2 N–H and O–H groups in total. The first-order chi connectivity index (χ1) is 10.4. The smallest absolute Gasteiger partial charge is 0.271 e. The lowest BCUT2D eigenvalue weighted by atomic mass is 10.1. The summed E-state index contributed by atoms with van der Waals surface area (Å²) in [6, 6.07) is 9.85. The van der Waals surface area contributed by atoms with Crippen LogP contribution < -0.4 is 5.43 Å². The zero-order chi connectivity index (χ0) is 16.3. The third kappa shape index (κ3) is 4.00. The van der Waals surface area contributed by atoms with Crippen molar-refractivity contribution in [2.45, 2.75) is 6.92 Å². The summed E-state index contributed by atoms with van der Waals surface area (Å²) in [5, 5.41) is 14.4. The summed E-state index contributed by atoms with van der Waals surface area (Å²) < 4.78 is 0.792. The van der Waals surface area contributed by atoms with E-state index in [0.717, 1.165) is 4.47 Å². The zero-order valence-electron chi connectivity index (χ0n) is 11.4. The summed E-state index contributed by atoms with van der Waals surface area (Å²) in [4.78, 5) is 12.0. The lowest BCUT2D eigenvalue weighted by Gasteiger charge is -2.07. The predicted molar refractivity (Wildman–Crippen MR) is 91.9 cm³/mol. The Morgan fingerprint density at radius 2 is 2.00 bits per heavy atom. The van der Waals surface area contributed by atoms with E-state index in [0.29, 0.717) is 21.9 Å². The highest BCUT2D eigenvalue weighted by Crippen LogP contribution is 2.31. The molecular weight excluding hydrogens is 391 g/mol. The highest BCUT2D eigenvalue weighted by atomic mass is 79.9. The number of hydrogen-bond acceptors (Lipinski definition) is 3. The maximum atomic E-state index is 12.0. The van der Waals surface area contributed by atoms with Crippen molar-refractivity contribution < 1.29 is 9.90 Å². The van der Waals surface area contributed by atoms with Crippen molar-refractivity contribution in [3.8, 4) is 5.75 Å². The first-order valence-electron chi connectivity index (χ1n) is 6.17. The number of halogens is 3. The fourth-order valence-electron chi connectivity index (χ4n) is 1.73. The van der Waals surface area contributed by atoms with E-state index >= 15 is 0 Å². The number of carbonyl (C=O) groups is 1. The van der Waals surface area contributed by atoms with Gasteiger partial charge in [0.25, 0.3) is 5.91 Å². The number of amides is 1. The van der Waals surface area contributed by atoms with Gasteiger partial charge in [0, 0.05) is 20.6 Å². The molecule has 4 nitrogen and oxygen atoms in total. The van der Waals surface area contributed by atoms with E-state index in [2.05, 4.69) is 26.5 Å². The zero-order valence-corrected chi connectivity index (χ0v) is 14.5. The van der Waals surface area contributed by atoms with Crippen molar-refractivity contribution in [3.05, 3.63) is 62.0 Å². The minimum absolute atomic E-state index is 0.121. The fourth-order valence-corrected chi connectivity index (χ4v) is 2.62. The fraction of sp³-hybridized carbons (Fsp3) is 0.0667. The van der Waals surface area contributed by atoms with Gasteiger partial charge in [-0.15, -0.1) is 0 Å². The van der Waals surface area contributed by atoms with Crippen LogP contribution >= 0.6 is 39.1 Å². The van der Waals surface area contributed by atoms with Gasteiger partial charge in [-0.1, -0.05) is 45.2 Å². The molecule has 2 aromatic rings. The molecule has 22 heavy (non-hydrogen) atoms. The third-order valence-corrected chi connectivity index (χ3v) is 3.83. The molecule has 0 saturated heterocycles. The second kappa shape index (κ2) is 7.13. The molecule has 0 radical (unpaired) electrons. The third-order valence-electron chi connectivity index (χ3n) is 2.83. The molecule has 0 fully saturated rings. The SMILES string of the molecule is C/C(=N\NC(=O)c1cccc(Br)c1)c1cc(Cl)cc(Cl)c1O. The van der Waals surface area contributed by atoms with Crippen molar-refractivity contribution in [2.24, 2.45) is 5.10 Å². The van der Waals surface area contributed by atoms with Gasteiger partial charge in [0.05, 0.1) is 10.7 Å². The number of hydrogen-bond donors (Lipinski definition) is 2. The van der Waals surface area contributed by atoms with Gasteiger partial charge in [0.2, 0.25) is 0 Å². The maximum Gasteiger partial charge on any atom is 0.271 e. The van der Waals surface area contributed by atoms with Crippen LogP contribution in [0.25, 0.3) is 0 Å². The van der Waals surface area contributed by atoms with Crippen LogP contribution in [0.1, 0.15) is 22.8 Å². The van der Waals surface area contributed by atoms with E-state index in [-0.39, 0.29) is 16.7 Å². The average Bonchev–Trinajstić information content (AvgIpc) is 2.48. The molecule has 0 atom stereocenters. The Bertz CT molecular complexity index is 763. The van der Waals surface area contributed by atoms with Crippen LogP contribution in [-0.2, 0) is 0 Å². The first kappa shape index (κ1) is 16.8. The largest absolute Gasteiger partial charge is 0.506 e. The summed E-state index contributed by atoms with van der Waals surface area (Å²) in [7, 11) is 0. The number of benzene rings is 2. The van der Waals surface area contributed by atoms with E-state index in [1.807, 2.05) is 6.07 Å². The van der Waals surface area contributed by atoms with Crippen molar-refractivity contribution in [3.63, 3.8) is 0 Å².